The number of nitrogens with zero attached hydrogens (tertiary/aromatic N) is 2. The molecule has 3 heteroatoms. The molecule has 0 radical (unpaired) electrons. The first-order valence-electron chi connectivity index (χ1n) is 7.32. The van der Waals surface area contributed by atoms with Gasteiger partial charge in [0.25, 0.3) is 0 Å². The molecule has 1 fully saturated rings. The fourth-order valence-corrected chi connectivity index (χ4v) is 3.04. The maximum absolute atomic E-state index is 4.34. The molecule has 0 saturated heterocycles. The van der Waals surface area contributed by atoms with Crippen molar-refractivity contribution in [1.29, 1.82) is 0 Å². The van der Waals surface area contributed by atoms with Crippen molar-refractivity contribution in [3.8, 4) is 0 Å². The third-order valence-corrected chi connectivity index (χ3v) is 4.48. The summed E-state index contributed by atoms with van der Waals surface area (Å²) in [7, 11) is 2.01. The molecule has 3 atom stereocenters. The van der Waals surface area contributed by atoms with Crippen LogP contribution in [0.1, 0.15) is 63.3 Å². The van der Waals surface area contributed by atoms with E-state index in [4.69, 9.17) is 0 Å². The van der Waals surface area contributed by atoms with E-state index in [1.165, 1.54) is 43.4 Å². The minimum atomic E-state index is 0.414. The zero-order chi connectivity index (χ0) is 13.1. The third-order valence-electron chi connectivity index (χ3n) is 4.48. The van der Waals surface area contributed by atoms with Crippen molar-refractivity contribution in [3.63, 3.8) is 0 Å². The summed E-state index contributed by atoms with van der Waals surface area (Å²) in [6.45, 7) is 6.80. The van der Waals surface area contributed by atoms with Gasteiger partial charge in [0.05, 0.1) is 6.20 Å². The summed E-state index contributed by atoms with van der Waals surface area (Å²) < 4.78 is 1.96. The van der Waals surface area contributed by atoms with E-state index >= 15 is 0 Å². The molecule has 1 aliphatic rings. The molecule has 1 N–H and O–H groups in total. The van der Waals surface area contributed by atoms with E-state index in [9.17, 15) is 0 Å². The van der Waals surface area contributed by atoms with Gasteiger partial charge in [-0.25, -0.2) is 0 Å². The molecule has 1 heterocycles. The molecule has 1 aromatic heterocycles. The van der Waals surface area contributed by atoms with Crippen molar-refractivity contribution in [2.45, 2.75) is 65.0 Å². The Balaban J connectivity index is 1.94. The van der Waals surface area contributed by atoms with Gasteiger partial charge in [-0.2, -0.15) is 5.10 Å². The Bertz CT molecular complexity index is 383. The Labute approximate surface area is 111 Å². The van der Waals surface area contributed by atoms with Crippen molar-refractivity contribution in [2.75, 3.05) is 0 Å². The Hall–Kier alpha value is -0.830. The number of hydrogen-bond donors (Lipinski definition) is 1. The van der Waals surface area contributed by atoms with Crippen LogP contribution in [0.2, 0.25) is 0 Å². The summed E-state index contributed by atoms with van der Waals surface area (Å²) in [5.74, 6) is 0.909. The lowest BCUT2D eigenvalue weighted by Gasteiger charge is -2.22. The molecule has 0 aliphatic heterocycles. The van der Waals surface area contributed by atoms with Crippen LogP contribution in [0, 0.1) is 12.8 Å². The molecule has 18 heavy (non-hydrogen) atoms. The number of hydrogen-bond acceptors (Lipinski definition) is 2. The lowest BCUT2D eigenvalue weighted by atomic mass is 10.0. The van der Waals surface area contributed by atoms with Crippen molar-refractivity contribution >= 4 is 0 Å². The van der Waals surface area contributed by atoms with E-state index < -0.39 is 0 Å². The average Bonchev–Trinajstić information content (AvgIpc) is 2.54. The van der Waals surface area contributed by atoms with Crippen LogP contribution in [0.5, 0.6) is 0 Å². The average molecular weight is 249 g/mol. The summed E-state index contributed by atoms with van der Waals surface area (Å²) in [5.41, 5.74) is 2.62. The van der Waals surface area contributed by atoms with Crippen LogP contribution in [0.25, 0.3) is 0 Å². The van der Waals surface area contributed by atoms with Gasteiger partial charge in [-0.15, -0.1) is 0 Å². The molecule has 102 valence electrons. The highest BCUT2D eigenvalue weighted by atomic mass is 15.3. The number of nitrogens with one attached hydrogen (secondary N) is 1. The van der Waals surface area contributed by atoms with E-state index in [1.54, 1.807) is 0 Å². The van der Waals surface area contributed by atoms with E-state index in [-0.39, 0.29) is 0 Å². The maximum atomic E-state index is 4.34. The monoisotopic (exact) mass is 249 g/mol. The van der Waals surface area contributed by atoms with Crippen LogP contribution in [-0.4, -0.2) is 15.8 Å². The fraction of sp³-hybridized carbons (Fsp3) is 0.800. The largest absolute Gasteiger partial charge is 0.307 e. The number of aromatic nitrogens is 2. The van der Waals surface area contributed by atoms with Gasteiger partial charge in [0, 0.05) is 30.4 Å². The normalized spacial score (nSPS) is 26.9. The minimum Gasteiger partial charge on any atom is -0.307 e. The van der Waals surface area contributed by atoms with Crippen molar-refractivity contribution in [2.24, 2.45) is 13.0 Å². The molecule has 0 bridgehead atoms. The Morgan fingerprint density at radius 2 is 2.11 bits per heavy atom. The maximum Gasteiger partial charge on any atom is 0.0540 e. The van der Waals surface area contributed by atoms with Crippen LogP contribution >= 0.6 is 0 Å². The topological polar surface area (TPSA) is 29.9 Å². The summed E-state index contributed by atoms with van der Waals surface area (Å²) >= 11 is 0. The smallest absolute Gasteiger partial charge is 0.0540 e. The quantitative estimate of drug-likeness (QED) is 0.833. The molecule has 1 aliphatic carbocycles. The van der Waals surface area contributed by atoms with E-state index in [0.29, 0.717) is 12.1 Å². The number of rotatable bonds is 3. The lowest BCUT2D eigenvalue weighted by Crippen LogP contribution is -2.31. The van der Waals surface area contributed by atoms with Gasteiger partial charge in [0.1, 0.15) is 0 Å². The van der Waals surface area contributed by atoms with Gasteiger partial charge in [-0.1, -0.05) is 19.8 Å². The van der Waals surface area contributed by atoms with Gasteiger partial charge in [0.15, 0.2) is 0 Å². The van der Waals surface area contributed by atoms with Gasteiger partial charge in [-0.3, -0.25) is 4.68 Å². The zero-order valence-corrected chi connectivity index (χ0v) is 12.2. The van der Waals surface area contributed by atoms with Gasteiger partial charge in [-0.05, 0) is 39.0 Å². The highest BCUT2D eigenvalue weighted by Gasteiger charge is 2.19. The Morgan fingerprint density at radius 3 is 2.78 bits per heavy atom. The summed E-state index contributed by atoms with van der Waals surface area (Å²) in [6, 6.07) is 1.10. The molecule has 3 unspecified atom stereocenters. The summed E-state index contributed by atoms with van der Waals surface area (Å²) in [4.78, 5) is 0. The lowest BCUT2D eigenvalue weighted by molar-refractivity contribution is 0.407. The molecule has 2 rings (SSSR count). The van der Waals surface area contributed by atoms with Crippen LogP contribution in [0.15, 0.2) is 6.20 Å². The van der Waals surface area contributed by atoms with E-state index in [0.717, 1.165) is 5.92 Å². The predicted molar refractivity (Wildman–Crippen MR) is 75.5 cm³/mol. The second kappa shape index (κ2) is 5.87. The van der Waals surface area contributed by atoms with Crippen LogP contribution in [0.4, 0.5) is 0 Å². The van der Waals surface area contributed by atoms with Crippen molar-refractivity contribution < 1.29 is 0 Å². The molecular weight excluding hydrogens is 222 g/mol. The first-order valence-corrected chi connectivity index (χ1v) is 7.32. The first-order chi connectivity index (χ1) is 8.58. The van der Waals surface area contributed by atoms with E-state index in [2.05, 4.69) is 31.2 Å². The van der Waals surface area contributed by atoms with Crippen LogP contribution in [-0.2, 0) is 7.05 Å². The van der Waals surface area contributed by atoms with Gasteiger partial charge >= 0.3 is 0 Å². The number of aryl methyl sites for hydroxylation is 1. The van der Waals surface area contributed by atoms with Crippen molar-refractivity contribution in [1.82, 2.24) is 15.1 Å². The predicted octanol–water partition coefficient (Wildman–Crippen LogP) is 3.35. The van der Waals surface area contributed by atoms with Crippen LogP contribution in [0.3, 0.4) is 0 Å². The molecule has 3 nitrogen and oxygen atoms in total. The summed E-state index contributed by atoms with van der Waals surface area (Å²) in [5, 5.41) is 8.13. The zero-order valence-electron chi connectivity index (χ0n) is 12.2. The Morgan fingerprint density at radius 1 is 1.33 bits per heavy atom. The highest BCUT2D eigenvalue weighted by Crippen LogP contribution is 2.25. The first kappa shape index (κ1) is 13.6. The molecule has 0 aromatic carbocycles. The minimum absolute atomic E-state index is 0.414. The SMILES string of the molecule is Cc1c(C(C)NC2CCCC(C)CC2)cnn1C. The molecular formula is C15H27N3. The Kier molecular flexibility index (Phi) is 4.44. The second-order valence-electron chi connectivity index (χ2n) is 6.01. The molecule has 0 amide bonds. The van der Waals surface area contributed by atoms with E-state index in [1.807, 2.05) is 17.9 Å². The second-order valence-corrected chi connectivity index (χ2v) is 6.01. The third kappa shape index (κ3) is 3.14. The van der Waals surface area contributed by atoms with Gasteiger partial charge < -0.3 is 5.32 Å². The van der Waals surface area contributed by atoms with Crippen LogP contribution < -0.4 is 5.32 Å². The highest BCUT2D eigenvalue weighted by molar-refractivity contribution is 5.19. The molecule has 1 saturated carbocycles. The molecule has 1 aromatic rings. The standard InChI is InChI=1S/C15H27N3/c1-11-6-5-7-14(9-8-11)17-12(2)15-10-16-18(4)13(15)3/h10-12,14,17H,5-9H2,1-4H3. The molecule has 0 spiro atoms. The van der Waals surface area contributed by atoms with Crippen molar-refractivity contribution in [3.05, 3.63) is 17.5 Å². The fourth-order valence-electron chi connectivity index (χ4n) is 3.04. The van der Waals surface area contributed by atoms with Gasteiger partial charge in [0.2, 0.25) is 0 Å². The summed E-state index contributed by atoms with van der Waals surface area (Å²) in [6.07, 6.45) is 8.80.